The van der Waals surface area contributed by atoms with Crippen LogP contribution in [0.5, 0.6) is 0 Å². The second kappa shape index (κ2) is 8.06. The molecule has 2 aliphatic rings. The van der Waals surface area contributed by atoms with Crippen LogP contribution < -0.4 is 15.1 Å². The molecule has 0 amide bonds. The molecule has 0 saturated carbocycles. The molecule has 1 aromatic heterocycles. The van der Waals surface area contributed by atoms with Crippen molar-refractivity contribution < 1.29 is 9.47 Å². The number of rotatable bonds is 4. The monoisotopic (exact) mass is 370 g/mol. The van der Waals surface area contributed by atoms with E-state index in [1.54, 1.807) is 0 Å². The topological polar surface area (TPSA) is 75.6 Å². The SMILES string of the molecule is Cc1ccc(Nc2nnc(N3CCOCC3)c(N3CCOCC3)n2)c(C)c1. The summed E-state index contributed by atoms with van der Waals surface area (Å²) in [6, 6.07) is 6.27. The van der Waals surface area contributed by atoms with Crippen LogP contribution in [0.3, 0.4) is 0 Å². The smallest absolute Gasteiger partial charge is 0.249 e. The Bertz CT molecular complexity index is 788. The summed E-state index contributed by atoms with van der Waals surface area (Å²) in [5, 5.41) is 12.2. The number of anilines is 4. The fourth-order valence-corrected chi connectivity index (χ4v) is 3.41. The fraction of sp³-hybridized carbons (Fsp3) is 0.526. The predicted octanol–water partition coefficient (Wildman–Crippen LogP) is 1.91. The molecule has 1 N–H and O–H groups in total. The van der Waals surface area contributed by atoms with Gasteiger partial charge in [0.1, 0.15) is 0 Å². The summed E-state index contributed by atoms with van der Waals surface area (Å²) >= 11 is 0. The van der Waals surface area contributed by atoms with Gasteiger partial charge in [-0.15, -0.1) is 10.2 Å². The van der Waals surface area contributed by atoms with Crippen molar-refractivity contribution in [1.82, 2.24) is 15.2 Å². The summed E-state index contributed by atoms with van der Waals surface area (Å²) < 4.78 is 11.0. The highest BCUT2D eigenvalue weighted by atomic mass is 16.5. The van der Waals surface area contributed by atoms with Crippen LogP contribution in [0.4, 0.5) is 23.3 Å². The summed E-state index contributed by atoms with van der Waals surface area (Å²) in [7, 11) is 0. The van der Waals surface area contributed by atoms with Crippen molar-refractivity contribution in [2.45, 2.75) is 13.8 Å². The highest BCUT2D eigenvalue weighted by Crippen LogP contribution is 2.28. The van der Waals surface area contributed by atoms with Gasteiger partial charge in [0.05, 0.1) is 26.4 Å². The molecule has 2 aliphatic heterocycles. The molecule has 1 aromatic carbocycles. The normalized spacial score (nSPS) is 17.9. The zero-order valence-electron chi connectivity index (χ0n) is 15.9. The molecule has 8 heteroatoms. The maximum absolute atomic E-state index is 5.50. The molecule has 2 aromatic rings. The molecule has 3 heterocycles. The Balaban J connectivity index is 1.64. The summed E-state index contributed by atoms with van der Waals surface area (Å²) in [5.41, 5.74) is 3.38. The highest BCUT2D eigenvalue weighted by Gasteiger charge is 2.24. The first-order valence-corrected chi connectivity index (χ1v) is 9.45. The lowest BCUT2D eigenvalue weighted by Crippen LogP contribution is -2.41. The molecule has 0 unspecified atom stereocenters. The Morgan fingerprint density at radius 2 is 1.48 bits per heavy atom. The summed E-state index contributed by atoms with van der Waals surface area (Å²) in [6.07, 6.45) is 0. The minimum absolute atomic E-state index is 0.514. The van der Waals surface area contributed by atoms with Gasteiger partial charge in [0, 0.05) is 31.9 Å². The van der Waals surface area contributed by atoms with Crippen LogP contribution in [0.15, 0.2) is 18.2 Å². The third-order valence-electron chi connectivity index (χ3n) is 4.90. The maximum atomic E-state index is 5.50. The van der Waals surface area contributed by atoms with Gasteiger partial charge in [-0.2, -0.15) is 4.98 Å². The quantitative estimate of drug-likeness (QED) is 0.875. The third-order valence-corrected chi connectivity index (χ3v) is 4.90. The van der Waals surface area contributed by atoms with E-state index in [1.807, 2.05) is 0 Å². The van der Waals surface area contributed by atoms with Crippen molar-refractivity contribution >= 4 is 23.3 Å². The van der Waals surface area contributed by atoms with Gasteiger partial charge < -0.3 is 24.6 Å². The van der Waals surface area contributed by atoms with E-state index in [2.05, 4.69) is 57.4 Å². The van der Waals surface area contributed by atoms with Gasteiger partial charge in [-0.1, -0.05) is 17.7 Å². The van der Waals surface area contributed by atoms with Crippen LogP contribution in [0, 0.1) is 13.8 Å². The first-order valence-electron chi connectivity index (χ1n) is 9.45. The largest absolute Gasteiger partial charge is 0.378 e. The Morgan fingerprint density at radius 1 is 0.852 bits per heavy atom. The number of hydrogen-bond acceptors (Lipinski definition) is 8. The Labute approximate surface area is 159 Å². The predicted molar refractivity (Wildman–Crippen MR) is 105 cm³/mol. The van der Waals surface area contributed by atoms with E-state index in [-0.39, 0.29) is 0 Å². The van der Waals surface area contributed by atoms with Gasteiger partial charge in [0.25, 0.3) is 0 Å². The van der Waals surface area contributed by atoms with Crippen molar-refractivity contribution in [2.24, 2.45) is 0 Å². The van der Waals surface area contributed by atoms with E-state index in [9.17, 15) is 0 Å². The summed E-state index contributed by atoms with van der Waals surface area (Å²) in [5.74, 6) is 2.20. The molecule has 8 nitrogen and oxygen atoms in total. The molecule has 4 rings (SSSR count). The van der Waals surface area contributed by atoms with Gasteiger partial charge in [0.15, 0.2) is 11.6 Å². The van der Waals surface area contributed by atoms with E-state index < -0.39 is 0 Å². The zero-order chi connectivity index (χ0) is 18.6. The third kappa shape index (κ3) is 4.12. The molecule has 0 bridgehead atoms. The molecule has 0 atom stereocenters. The second-order valence-electron chi connectivity index (χ2n) is 6.92. The molecule has 0 radical (unpaired) electrons. The lowest BCUT2D eigenvalue weighted by atomic mass is 10.1. The highest BCUT2D eigenvalue weighted by molar-refractivity contribution is 5.66. The first-order chi connectivity index (χ1) is 13.2. The zero-order valence-corrected chi connectivity index (χ0v) is 15.9. The standard InChI is InChI=1S/C19H26N6O2/c1-14-3-4-16(15(2)13-14)20-19-21-17(24-5-9-26-10-6-24)18(22-23-19)25-7-11-27-12-8-25/h3-4,13H,5-12H2,1-2H3,(H,20,21,23). The maximum Gasteiger partial charge on any atom is 0.249 e. The minimum Gasteiger partial charge on any atom is -0.378 e. The van der Waals surface area contributed by atoms with Crippen LogP contribution in [-0.4, -0.2) is 67.8 Å². The van der Waals surface area contributed by atoms with Crippen LogP contribution in [-0.2, 0) is 9.47 Å². The van der Waals surface area contributed by atoms with Crippen LogP contribution in [0.25, 0.3) is 0 Å². The molecule has 144 valence electrons. The Hall–Kier alpha value is -2.45. The van der Waals surface area contributed by atoms with Gasteiger partial charge >= 0.3 is 0 Å². The van der Waals surface area contributed by atoms with E-state index >= 15 is 0 Å². The van der Waals surface area contributed by atoms with E-state index in [0.717, 1.165) is 49.1 Å². The minimum atomic E-state index is 0.514. The number of ether oxygens (including phenoxy) is 2. The molecular formula is C19H26N6O2. The molecule has 0 aliphatic carbocycles. The van der Waals surface area contributed by atoms with Crippen molar-refractivity contribution in [3.8, 4) is 0 Å². The number of nitrogens with one attached hydrogen (secondary N) is 1. The Morgan fingerprint density at radius 3 is 2.11 bits per heavy atom. The van der Waals surface area contributed by atoms with Crippen LogP contribution >= 0.6 is 0 Å². The molecule has 27 heavy (non-hydrogen) atoms. The van der Waals surface area contributed by atoms with Crippen molar-refractivity contribution in [3.05, 3.63) is 29.3 Å². The van der Waals surface area contributed by atoms with Crippen molar-refractivity contribution in [1.29, 1.82) is 0 Å². The number of hydrogen-bond donors (Lipinski definition) is 1. The summed E-state index contributed by atoms with van der Waals surface area (Å²) in [4.78, 5) is 9.27. The molecule has 0 spiro atoms. The van der Waals surface area contributed by atoms with Crippen LogP contribution in [0.2, 0.25) is 0 Å². The number of aromatic nitrogens is 3. The van der Waals surface area contributed by atoms with Gasteiger partial charge in [-0.25, -0.2) is 0 Å². The first kappa shape index (κ1) is 17.9. The van der Waals surface area contributed by atoms with Gasteiger partial charge in [-0.3, -0.25) is 0 Å². The van der Waals surface area contributed by atoms with E-state index in [1.165, 1.54) is 5.56 Å². The van der Waals surface area contributed by atoms with E-state index in [0.29, 0.717) is 32.4 Å². The average Bonchev–Trinajstić information content (AvgIpc) is 2.71. The number of aryl methyl sites for hydroxylation is 2. The van der Waals surface area contributed by atoms with Crippen LogP contribution in [0.1, 0.15) is 11.1 Å². The lowest BCUT2D eigenvalue weighted by molar-refractivity contribution is 0.120. The van der Waals surface area contributed by atoms with Gasteiger partial charge in [0.2, 0.25) is 5.95 Å². The molecule has 2 saturated heterocycles. The molecule has 2 fully saturated rings. The van der Waals surface area contributed by atoms with Crippen molar-refractivity contribution in [3.63, 3.8) is 0 Å². The second-order valence-corrected chi connectivity index (χ2v) is 6.92. The fourth-order valence-electron chi connectivity index (χ4n) is 3.41. The number of benzene rings is 1. The van der Waals surface area contributed by atoms with Crippen molar-refractivity contribution in [2.75, 3.05) is 67.7 Å². The Kier molecular flexibility index (Phi) is 5.35. The molecular weight excluding hydrogens is 344 g/mol. The number of morpholine rings is 2. The van der Waals surface area contributed by atoms with Gasteiger partial charge in [-0.05, 0) is 25.5 Å². The van der Waals surface area contributed by atoms with E-state index in [4.69, 9.17) is 14.5 Å². The number of nitrogens with zero attached hydrogens (tertiary/aromatic N) is 5. The lowest BCUT2D eigenvalue weighted by Gasteiger charge is -2.33. The average molecular weight is 370 g/mol. The summed E-state index contributed by atoms with van der Waals surface area (Å²) in [6.45, 7) is 10.2.